The van der Waals surface area contributed by atoms with E-state index in [1.54, 1.807) is 0 Å². The molecule has 0 N–H and O–H groups in total. The number of benzene rings is 8. The molecule has 0 unspecified atom stereocenters. The van der Waals surface area contributed by atoms with Crippen molar-refractivity contribution < 1.29 is 0 Å². The van der Waals surface area contributed by atoms with Crippen molar-refractivity contribution in [3.63, 3.8) is 0 Å². The van der Waals surface area contributed by atoms with Gasteiger partial charge >= 0.3 is 0 Å². The molecule has 6 nitrogen and oxygen atoms in total. The molecule has 0 atom stereocenters. The van der Waals surface area contributed by atoms with Crippen molar-refractivity contribution in [2.75, 3.05) is 0 Å². The van der Waals surface area contributed by atoms with Crippen molar-refractivity contribution in [3.8, 4) is 62.4 Å². The minimum absolute atomic E-state index is 0.618. The fourth-order valence-electron chi connectivity index (χ4n) is 8.48. The summed E-state index contributed by atoms with van der Waals surface area (Å²) in [6.07, 6.45) is 0. The van der Waals surface area contributed by atoms with Gasteiger partial charge in [-0.1, -0.05) is 140 Å². The predicted molar refractivity (Wildman–Crippen MR) is 223 cm³/mol. The third kappa shape index (κ3) is 4.46. The highest BCUT2D eigenvalue weighted by Crippen LogP contribution is 2.50. The molecule has 254 valence electrons. The number of para-hydroxylation sites is 2. The molecular formula is C49H28N6. The lowest BCUT2D eigenvalue weighted by Crippen LogP contribution is -2.01. The van der Waals surface area contributed by atoms with Crippen LogP contribution < -0.4 is 0 Å². The van der Waals surface area contributed by atoms with Crippen LogP contribution in [0, 0.1) is 0 Å². The van der Waals surface area contributed by atoms with Gasteiger partial charge in [-0.05, 0) is 35.7 Å². The summed E-state index contributed by atoms with van der Waals surface area (Å²) >= 11 is 0. The van der Waals surface area contributed by atoms with Gasteiger partial charge in [-0.25, -0.2) is 24.9 Å². The molecule has 0 saturated carbocycles. The molecule has 0 aliphatic heterocycles. The van der Waals surface area contributed by atoms with E-state index in [0.29, 0.717) is 17.5 Å². The zero-order chi connectivity index (χ0) is 36.0. The van der Waals surface area contributed by atoms with Gasteiger partial charge in [0.05, 0.1) is 33.5 Å². The van der Waals surface area contributed by atoms with Crippen molar-refractivity contribution in [1.82, 2.24) is 29.5 Å². The third-order valence-electron chi connectivity index (χ3n) is 10.9. The molecule has 0 amide bonds. The van der Waals surface area contributed by atoms with E-state index in [1.165, 1.54) is 26.9 Å². The maximum Gasteiger partial charge on any atom is 0.164 e. The molecule has 0 fully saturated rings. The molecule has 0 bridgehead atoms. The fraction of sp³-hybridized carbons (Fsp3) is 0. The van der Waals surface area contributed by atoms with E-state index in [4.69, 9.17) is 24.9 Å². The number of hydrogen-bond acceptors (Lipinski definition) is 5. The monoisotopic (exact) mass is 700 g/mol. The minimum atomic E-state index is 0.618. The summed E-state index contributed by atoms with van der Waals surface area (Å²) in [5, 5.41) is 7.08. The van der Waals surface area contributed by atoms with Gasteiger partial charge in [0.25, 0.3) is 0 Å². The van der Waals surface area contributed by atoms with Crippen molar-refractivity contribution in [3.05, 3.63) is 170 Å². The molecule has 8 aromatic carbocycles. The summed E-state index contributed by atoms with van der Waals surface area (Å²) in [5.41, 5.74) is 12.0. The Kier molecular flexibility index (Phi) is 6.24. The first-order valence-corrected chi connectivity index (χ1v) is 18.4. The minimum Gasteiger partial charge on any atom is -0.308 e. The van der Waals surface area contributed by atoms with Crippen LogP contribution in [0.25, 0.3) is 117 Å². The number of hydrogen-bond donors (Lipinski definition) is 0. The molecule has 0 radical (unpaired) electrons. The average Bonchev–Trinajstić information content (AvgIpc) is 3.77. The molecule has 6 heteroatoms. The van der Waals surface area contributed by atoms with Crippen LogP contribution in [0.15, 0.2) is 170 Å². The zero-order valence-corrected chi connectivity index (χ0v) is 29.3. The molecule has 3 aromatic heterocycles. The van der Waals surface area contributed by atoms with Crippen LogP contribution in [0.1, 0.15) is 0 Å². The molecule has 1 aliphatic carbocycles. The van der Waals surface area contributed by atoms with E-state index in [9.17, 15) is 0 Å². The van der Waals surface area contributed by atoms with E-state index in [-0.39, 0.29) is 0 Å². The van der Waals surface area contributed by atoms with Gasteiger partial charge in [0.1, 0.15) is 0 Å². The Balaban J connectivity index is 1.15. The Hall–Kier alpha value is -7.57. The van der Waals surface area contributed by atoms with E-state index in [0.717, 1.165) is 72.3 Å². The molecule has 11 aromatic rings. The van der Waals surface area contributed by atoms with Gasteiger partial charge in [-0.3, -0.25) is 0 Å². The maximum atomic E-state index is 5.21. The molecule has 12 rings (SSSR count). The van der Waals surface area contributed by atoms with Crippen molar-refractivity contribution in [2.24, 2.45) is 0 Å². The van der Waals surface area contributed by atoms with Crippen LogP contribution in [0.2, 0.25) is 0 Å². The van der Waals surface area contributed by atoms with Crippen LogP contribution in [0.5, 0.6) is 0 Å². The lowest BCUT2D eigenvalue weighted by atomic mass is 9.99. The van der Waals surface area contributed by atoms with E-state index >= 15 is 0 Å². The average molecular weight is 701 g/mol. The van der Waals surface area contributed by atoms with Crippen LogP contribution in [0.3, 0.4) is 0 Å². The topological polar surface area (TPSA) is 69.4 Å². The SMILES string of the molecule is c1ccc(-c2nc(-c3ccccc3)nc(-c3cccc(-n4c5c6ccccc6ccc5c5cc6c7c(cccc7c54)-c4nc5ccccc5nc4-6)c3)n2)cc1. The Morgan fingerprint density at radius 2 is 0.909 bits per heavy atom. The lowest BCUT2D eigenvalue weighted by molar-refractivity contribution is 1.07. The molecular weight excluding hydrogens is 673 g/mol. The molecule has 0 saturated heterocycles. The van der Waals surface area contributed by atoms with Crippen LogP contribution in [-0.4, -0.2) is 29.5 Å². The van der Waals surface area contributed by atoms with E-state index < -0.39 is 0 Å². The Morgan fingerprint density at radius 3 is 1.64 bits per heavy atom. The fourth-order valence-corrected chi connectivity index (χ4v) is 8.48. The van der Waals surface area contributed by atoms with Crippen LogP contribution in [0.4, 0.5) is 0 Å². The van der Waals surface area contributed by atoms with Crippen molar-refractivity contribution >= 4 is 54.4 Å². The van der Waals surface area contributed by atoms with Crippen molar-refractivity contribution in [1.29, 1.82) is 0 Å². The highest BCUT2D eigenvalue weighted by atomic mass is 15.0. The van der Waals surface area contributed by atoms with Gasteiger partial charge in [-0.2, -0.15) is 0 Å². The van der Waals surface area contributed by atoms with Gasteiger partial charge in [0, 0.05) is 60.4 Å². The highest BCUT2D eigenvalue weighted by Gasteiger charge is 2.29. The van der Waals surface area contributed by atoms with Gasteiger partial charge in [-0.15, -0.1) is 0 Å². The third-order valence-corrected chi connectivity index (χ3v) is 10.9. The summed E-state index contributed by atoms with van der Waals surface area (Å²) in [4.78, 5) is 25.5. The number of aromatic nitrogens is 6. The number of fused-ring (bicyclic) bond motifs is 10. The second-order valence-electron chi connectivity index (χ2n) is 14.1. The summed E-state index contributed by atoms with van der Waals surface area (Å²) in [6.45, 7) is 0. The van der Waals surface area contributed by atoms with Crippen LogP contribution >= 0.6 is 0 Å². The van der Waals surface area contributed by atoms with Crippen molar-refractivity contribution in [2.45, 2.75) is 0 Å². The summed E-state index contributed by atoms with van der Waals surface area (Å²) in [5.74, 6) is 1.89. The quantitative estimate of drug-likeness (QED) is 0.183. The summed E-state index contributed by atoms with van der Waals surface area (Å²) in [7, 11) is 0. The van der Waals surface area contributed by atoms with Gasteiger partial charge in [0.2, 0.25) is 0 Å². The Bertz CT molecular complexity index is 3310. The van der Waals surface area contributed by atoms with E-state index in [1.807, 2.05) is 84.9 Å². The largest absolute Gasteiger partial charge is 0.308 e. The summed E-state index contributed by atoms with van der Waals surface area (Å²) in [6, 6.07) is 59.1. The van der Waals surface area contributed by atoms with Crippen LogP contribution in [-0.2, 0) is 0 Å². The molecule has 0 spiro atoms. The first kappa shape index (κ1) is 29.9. The smallest absolute Gasteiger partial charge is 0.164 e. The number of nitrogens with zero attached hydrogens (tertiary/aromatic N) is 6. The second kappa shape index (κ2) is 11.5. The zero-order valence-electron chi connectivity index (χ0n) is 29.3. The van der Waals surface area contributed by atoms with Gasteiger partial charge < -0.3 is 4.57 Å². The normalized spacial score (nSPS) is 12.0. The predicted octanol–water partition coefficient (Wildman–Crippen LogP) is 11.9. The Morgan fingerprint density at radius 1 is 0.345 bits per heavy atom. The van der Waals surface area contributed by atoms with E-state index in [2.05, 4.69) is 89.5 Å². The van der Waals surface area contributed by atoms with Gasteiger partial charge in [0.15, 0.2) is 17.5 Å². The molecule has 1 aliphatic rings. The second-order valence-corrected chi connectivity index (χ2v) is 14.1. The number of rotatable bonds is 4. The first-order valence-electron chi connectivity index (χ1n) is 18.4. The first-order chi connectivity index (χ1) is 27.3. The summed E-state index contributed by atoms with van der Waals surface area (Å²) < 4.78 is 2.44. The molecule has 55 heavy (non-hydrogen) atoms. The maximum absolute atomic E-state index is 5.21. The standard InChI is InChI=1S/C49H28N6/c1-3-14-30(15-4-1)47-52-48(31-16-5-2-6-17-31)54-49(53-47)32-18-11-19-33(27-32)55-45-34-20-8-7-13-29(34)25-26-35(45)38-28-39-42-36(21-12-22-37(42)46(38)55)43-44(39)51-41-24-10-9-23-40(41)50-43/h1-28H. The molecule has 3 heterocycles. The lowest BCUT2D eigenvalue weighted by Gasteiger charge is -2.14. The Labute approximate surface area is 315 Å². The highest BCUT2D eigenvalue weighted by molar-refractivity contribution is 6.29.